The number of carbonyl (C=O) groups excluding carboxylic acids is 1. The third-order valence-corrected chi connectivity index (χ3v) is 6.11. The van der Waals surface area contributed by atoms with Crippen LogP contribution in [0.25, 0.3) is 11.2 Å². The molecule has 0 radical (unpaired) electrons. The Morgan fingerprint density at radius 2 is 1.80 bits per heavy atom. The van der Waals surface area contributed by atoms with Gasteiger partial charge in [-0.3, -0.25) is 18.7 Å². The van der Waals surface area contributed by atoms with Gasteiger partial charge in [0.2, 0.25) is 5.91 Å². The molecule has 1 aliphatic rings. The summed E-state index contributed by atoms with van der Waals surface area (Å²) in [5, 5.41) is 0. The lowest BCUT2D eigenvalue weighted by molar-refractivity contribution is -0.920. The molecule has 4 rings (SSSR count). The number of benzene rings is 1. The number of nitrogens with one attached hydrogen (secondary N) is 1. The maximum absolute atomic E-state index is 13.0. The number of amides is 1. The van der Waals surface area contributed by atoms with Crippen molar-refractivity contribution in [3.8, 4) is 0 Å². The van der Waals surface area contributed by atoms with Crippen molar-refractivity contribution in [1.29, 1.82) is 0 Å². The van der Waals surface area contributed by atoms with Crippen LogP contribution in [0.2, 0.25) is 0 Å². The average Bonchev–Trinajstić information content (AvgIpc) is 3.10. The number of quaternary nitrogens is 1. The van der Waals surface area contributed by atoms with Gasteiger partial charge in [0.15, 0.2) is 17.0 Å². The molecular weight excluding hydrogens is 384 g/mol. The van der Waals surface area contributed by atoms with Crippen molar-refractivity contribution >= 4 is 17.1 Å². The summed E-state index contributed by atoms with van der Waals surface area (Å²) in [5.41, 5.74) is 6.61. The standard InChI is InChI=1S/C21H26N6O3/c1-24-19-17(20(29)25(2)21(24)30)27(12-14-6-4-3-5-7-14)16(23-19)13-26-10-8-15(9-11-26)18(22)28/h3-7,15H,8-13H2,1-2H3,(H2,22,28)/p+1. The molecule has 3 heterocycles. The van der Waals surface area contributed by atoms with Gasteiger partial charge >= 0.3 is 5.69 Å². The highest BCUT2D eigenvalue weighted by atomic mass is 16.2. The van der Waals surface area contributed by atoms with Gasteiger partial charge in [0, 0.05) is 39.4 Å². The second kappa shape index (κ2) is 7.91. The lowest BCUT2D eigenvalue weighted by atomic mass is 9.96. The number of nitrogens with two attached hydrogens (primary N) is 1. The van der Waals surface area contributed by atoms with E-state index in [1.807, 2.05) is 34.9 Å². The number of likely N-dealkylation sites (tertiary alicyclic amines) is 1. The molecule has 3 N–H and O–H groups in total. The molecule has 0 atom stereocenters. The topological polar surface area (TPSA) is 109 Å². The highest BCUT2D eigenvalue weighted by Gasteiger charge is 2.28. The molecule has 30 heavy (non-hydrogen) atoms. The van der Waals surface area contributed by atoms with Crippen molar-refractivity contribution in [3.05, 3.63) is 62.6 Å². The van der Waals surface area contributed by atoms with Crippen LogP contribution in [0.5, 0.6) is 0 Å². The van der Waals surface area contributed by atoms with E-state index in [9.17, 15) is 14.4 Å². The number of fused-ring (bicyclic) bond motifs is 1. The van der Waals surface area contributed by atoms with E-state index < -0.39 is 5.69 Å². The van der Waals surface area contributed by atoms with Crippen LogP contribution in [-0.2, 0) is 32.0 Å². The third-order valence-electron chi connectivity index (χ3n) is 6.11. The SMILES string of the molecule is Cn1c(=O)c2c(nc(C[NH+]3CCC(C(N)=O)CC3)n2Cc2ccccc2)n(C)c1=O. The Hall–Kier alpha value is -3.20. The largest absolute Gasteiger partial charge is 0.369 e. The number of nitrogens with zero attached hydrogens (tertiary/aromatic N) is 4. The highest BCUT2D eigenvalue weighted by molar-refractivity contribution is 5.76. The normalized spacial score (nSPS) is 19.3. The molecule has 158 valence electrons. The van der Waals surface area contributed by atoms with Crippen molar-refractivity contribution in [1.82, 2.24) is 18.7 Å². The molecule has 1 saturated heterocycles. The summed E-state index contributed by atoms with van der Waals surface area (Å²) >= 11 is 0. The number of aromatic nitrogens is 4. The second-order valence-electron chi connectivity index (χ2n) is 8.08. The molecule has 0 saturated carbocycles. The van der Waals surface area contributed by atoms with Crippen LogP contribution in [0.1, 0.15) is 24.2 Å². The number of hydrogen-bond acceptors (Lipinski definition) is 4. The van der Waals surface area contributed by atoms with E-state index in [1.165, 1.54) is 16.5 Å². The minimum absolute atomic E-state index is 0.0648. The number of rotatable bonds is 5. The zero-order valence-corrected chi connectivity index (χ0v) is 17.3. The van der Waals surface area contributed by atoms with E-state index in [1.54, 1.807) is 7.05 Å². The third kappa shape index (κ3) is 3.56. The van der Waals surface area contributed by atoms with Crippen LogP contribution < -0.4 is 21.9 Å². The number of hydrogen-bond donors (Lipinski definition) is 2. The van der Waals surface area contributed by atoms with E-state index in [0.717, 1.165) is 41.9 Å². The van der Waals surface area contributed by atoms with Crippen molar-refractivity contribution in [3.63, 3.8) is 0 Å². The van der Waals surface area contributed by atoms with Gasteiger partial charge in [-0.2, -0.15) is 0 Å². The number of imidazole rings is 1. The minimum atomic E-state index is -0.391. The first-order chi connectivity index (χ1) is 14.4. The van der Waals surface area contributed by atoms with E-state index in [2.05, 4.69) is 0 Å². The van der Waals surface area contributed by atoms with Crippen LogP contribution in [0.3, 0.4) is 0 Å². The predicted molar refractivity (Wildman–Crippen MR) is 112 cm³/mol. The Morgan fingerprint density at radius 3 is 2.43 bits per heavy atom. The van der Waals surface area contributed by atoms with Crippen molar-refractivity contribution in [2.45, 2.75) is 25.9 Å². The van der Waals surface area contributed by atoms with Crippen molar-refractivity contribution in [2.24, 2.45) is 25.7 Å². The molecule has 1 amide bonds. The maximum atomic E-state index is 13.0. The Labute approximate surface area is 173 Å². The molecule has 0 spiro atoms. The average molecular weight is 411 g/mol. The maximum Gasteiger partial charge on any atom is 0.332 e. The van der Waals surface area contributed by atoms with E-state index >= 15 is 0 Å². The zero-order chi connectivity index (χ0) is 21.4. The van der Waals surface area contributed by atoms with Crippen LogP contribution >= 0.6 is 0 Å². The van der Waals surface area contributed by atoms with Gasteiger partial charge in [-0.15, -0.1) is 0 Å². The summed E-state index contributed by atoms with van der Waals surface area (Å²) < 4.78 is 4.48. The highest BCUT2D eigenvalue weighted by Crippen LogP contribution is 2.15. The summed E-state index contributed by atoms with van der Waals surface area (Å²) in [4.78, 5) is 42.8. The Bertz CT molecular complexity index is 1200. The Morgan fingerprint density at radius 1 is 1.13 bits per heavy atom. The van der Waals surface area contributed by atoms with E-state index in [0.29, 0.717) is 24.3 Å². The lowest BCUT2D eigenvalue weighted by Gasteiger charge is -2.27. The molecule has 2 aromatic heterocycles. The fraction of sp³-hybridized carbons (Fsp3) is 0.429. The van der Waals surface area contributed by atoms with Crippen LogP contribution in [0.4, 0.5) is 0 Å². The minimum Gasteiger partial charge on any atom is -0.369 e. The van der Waals surface area contributed by atoms with Gasteiger partial charge in [-0.25, -0.2) is 9.78 Å². The van der Waals surface area contributed by atoms with Gasteiger partial charge in [0.25, 0.3) is 5.56 Å². The van der Waals surface area contributed by atoms with Gasteiger partial charge in [-0.05, 0) is 5.56 Å². The van der Waals surface area contributed by atoms with Gasteiger partial charge in [0.05, 0.1) is 13.1 Å². The fourth-order valence-corrected chi connectivity index (χ4v) is 4.27. The molecule has 3 aromatic rings. The molecule has 0 bridgehead atoms. The molecule has 1 aliphatic heterocycles. The summed E-state index contributed by atoms with van der Waals surface area (Å²) in [6, 6.07) is 9.89. The van der Waals surface area contributed by atoms with Crippen LogP contribution in [0, 0.1) is 5.92 Å². The number of primary amides is 1. The first-order valence-corrected chi connectivity index (χ1v) is 10.2. The van der Waals surface area contributed by atoms with Crippen LogP contribution in [-0.4, -0.2) is 37.7 Å². The number of piperidine rings is 1. The molecule has 1 fully saturated rings. The molecular formula is C21H27N6O3+. The van der Waals surface area contributed by atoms with Gasteiger partial charge < -0.3 is 15.2 Å². The fourth-order valence-electron chi connectivity index (χ4n) is 4.27. The number of carbonyl (C=O) groups is 1. The molecule has 9 heteroatoms. The summed E-state index contributed by atoms with van der Waals surface area (Å²) in [6.45, 7) is 2.75. The second-order valence-corrected chi connectivity index (χ2v) is 8.08. The molecule has 9 nitrogen and oxygen atoms in total. The van der Waals surface area contributed by atoms with Crippen molar-refractivity contribution < 1.29 is 9.69 Å². The van der Waals surface area contributed by atoms with E-state index in [4.69, 9.17) is 10.7 Å². The van der Waals surface area contributed by atoms with Gasteiger partial charge in [-0.1, -0.05) is 30.3 Å². The quantitative estimate of drug-likeness (QED) is 0.547. The summed E-state index contributed by atoms with van der Waals surface area (Å²) in [6.07, 6.45) is 1.51. The lowest BCUT2D eigenvalue weighted by Crippen LogP contribution is -3.12. The monoisotopic (exact) mass is 411 g/mol. The molecule has 0 unspecified atom stereocenters. The Kier molecular flexibility index (Phi) is 5.29. The zero-order valence-electron chi connectivity index (χ0n) is 17.3. The van der Waals surface area contributed by atoms with E-state index in [-0.39, 0.29) is 17.4 Å². The smallest absolute Gasteiger partial charge is 0.332 e. The molecule has 1 aromatic carbocycles. The molecule has 0 aliphatic carbocycles. The predicted octanol–water partition coefficient (Wildman–Crippen LogP) is -1.24. The Balaban J connectivity index is 1.76. The van der Waals surface area contributed by atoms with Crippen LogP contribution in [0.15, 0.2) is 39.9 Å². The summed E-state index contributed by atoms with van der Waals surface area (Å²) in [7, 11) is 3.13. The number of aryl methyl sites for hydroxylation is 1. The first kappa shape index (κ1) is 20.1. The summed E-state index contributed by atoms with van der Waals surface area (Å²) in [5.74, 6) is 0.466. The first-order valence-electron chi connectivity index (χ1n) is 10.2. The van der Waals surface area contributed by atoms with Gasteiger partial charge in [0.1, 0.15) is 6.54 Å². The van der Waals surface area contributed by atoms with Crippen molar-refractivity contribution in [2.75, 3.05) is 13.1 Å².